The van der Waals surface area contributed by atoms with E-state index in [0.717, 1.165) is 15.7 Å². The molecule has 0 aliphatic heterocycles. The van der Waals surface area contributed by atoms with Crippen molar-refractivity contribution < 1.29 is 4.42 Å². The molecule has 0 N–H and O–H groups in total. The first-order valence-corrected chi connectivity index (χ1v) is 7.80. The highest BCUT2D eigenvalue weighted by atomic mass is 79.9. The lowest BCUT2D eigenvalue weighted by Gasteiger charge is -1.97. The molecule has 3 rings (SSSR count). The zero-order chi connectivity index (χ0) is 14.7. The molecule has 21 heavy (non-hydrogen) atoms. The molecule has 5 heteroatoms. The van der Waals surface area contributed by atoms with Crippen LogP contribution in [0.25, 0.3) is 22.9 Å². The summed E-state index contributed by atoms with van der Waals surface area (Å²) in [6, 6.07) is 13.7. The number of furan rings is 1. The lowest BCUT2D eigenvalue weighted by atomic mass is 10.2. The largest absolute Gasteiger partial charge is 0.465 e. The first-order chi connectivity index (χ1) is 10.3. The van der Waals surface area contributed by atoms with Crippen molar-refractivity contribution in [1.29, 1.82) is 5.26 Å². The lowest BCUT2D eigenvalue weighted by molar-refractivity contribution is 0.557. The van der Waals surface area contributed by atoms with Gasteiger partial charge in [0.1, 0.15) is 16.8 Å². The smallest absolute Gasteiger partial charge is 0.134 e. The Labute approximate surface area is 134 Å². The summed E-state index contributed by atoms with van der Waals surface area (Å²) in [5, 5.41) is 11.9. The third kappa shape index (κ3) is 3.13. The van der Waals surface area contributed by atoms with Crippen LogP contribution in [0.4, 0.5) is 0 Å². The Hall–Kier alpha value is -2.16. The minimum Gasteiger partial charge on any atom is -0.465 e. The fourth-order valence-corrected chi connectivity index (χ4v) is 3.03. The van der Waals surface area contributed by atoms with E-state index in [0.29, 0.717) is 16.3 Å². The lowest BCUT2D eigenvalue weighted by Crippen LogP contribution is -1.82. The number of nitriles is 1. The molecule has 0 unspecified atom stereocenters. The van der Waals surface area contributed by atoms with Gasteiger partial charge in [-0.25, -0.2) is 4.98 Å². The number of aromatic nitrogens is 1. The molecule has 3 nitrogen and oxygen atoms in total. The zero-order valence-corrected chi connectivity index (χ0v) is 13.2. The standard InChI is InChI=1S/C16H9BrN2OS/c17-13-4-1-3-11(7-13)15-10-21-16(19-15)12(9-18)8-14-5-2-6-20-14/h1-8,10H/b12-8+. The Bertz CT molecular complexity index is 828. The van der Waals surface area contributed by atoms with Crippen molar-refractivity contribution in [2.75, 3.05) is 0 Å². The Morgan fingerprint density at radius 2 is 2.24 bits per heavy atom. The van der Waals surface area contributed by atoms with E-state index in [4.69, 9.17) is 4.42 Å². The van der Waals surface area contributed by atoms with Gasteiger partial charge in [-0.15, -0.1) is 11.3 Å². The van der Waals surface area contributed by atoms with Gasteiger partial charge >= 0.3 is 0 Å². The first kappa shape index (κ1) is 13.8. The highest BCUT2D eigenvalue weighted by Crippen LogP contribution is 2.28. The van der Waals surface area contributed by atoms with Crippen LogP contribution in [0.2, 0.25) is 0 Å². The highest BCUT2D eigenvalue weighted by molar-refractivity contribution is 9.10. The van der Waals surface area contributed by atoms with Crippen LogP contribution in [0.5, 0.6) is 0 Å². The monoisotopic (exact) mass is 356 g/mol. The summed E-state index contributed by atoms with van der Waals surface area (Å²) in [7, 11) is 0. The van der Waals surface area contributed by atoms with Crippen LogP contribution in [0.1, 0.15) is 10.8 Å². The average Bonchev–Trinajstić information content (AvgIpc) is 3.16. The van der Waals surface area contributed by atoms with Crippen LogP contribution >= 0.6 is 27.3 Å². The third-order valence-electron chi connectivity index (χ3n) is 2.81. The maximum atomic E-state index is 9.30. The third-order valence-corrected chi connectivity index (χ3v) is 4.17. The van der Waals surface area contributed by atoms with Gasteiger partial charge in [-0.2, -0.15) is 5.26 Å². The van der Waals surface area contributed by atoms with E-state index in [1.165, 1.54) is 11.3 Å². The molecule has 0 atom stereocenters. The van der Waals surface area contributed by atoms with Gasteiger partial charge in [-0.05, 0) is 24.3 Å². The van der Waals surface area contributed by atoms with Crippen molar-refractivity contribution in [3.8, 4) is 17.3 Å². The number of hydrogen-bond donors (Lipinski definition) is 0. The fraction of sp³-hybridized carbons (Fsp3) is 0. The van der Waals surface area contributed by atoms with Crippen LogP contribution in [0, 0.1) is 11.3 Å². The fourth-order valence-electron chi connectivity index (χ4n) is 1.84. The van der Waals surface area contributed by atoms with E-state index in [2.05, 4.69) is 27.0 Å². The Morgan fingerprint density at radius 1 is 1.33 bits per heavy atom. The van der Waals surface area contributed by atoms with Gasteiger partial charge < -0.3 is 4.42 Å². The predicted molar refractivity (Wildman–Crippen MR) is 87.4 cm³/mol. The van der Waals surface area contributed by atoms with Gasteiger partial charge in [0, 0.05) is 21.5 Å². The van der Waals surface area contributed by atoms with Crippen molar-refractivity contribution in [3.63, 3.8) is 0 Å². The number of thiazole rings is 1. The first-order valence-electron chi connectivity index (χ1n) is 6.13. The number of benzene rings is 1. The van der Waals surface area contributed by atoms with Gasteiger partial charge in [-0.1, -0.05) is 28.1 Å². The Balaban J connectivity index is 1.96. The van der Waals surface area contributed by atoms with E-state index in [-0.39, 0.29) is 0 Å². The molecule has 0 fully saturated rings. The van der Waals surface area contributed by atoms with Crippen molar-refractivity contribution in [1.82, 2.24) is 4.98 Å². The Kier molecular flexibility index (Phi) is 4.00. The van der Waals surface area contributed by atoms with Crippen molar-refractivity contribution >= 4 is 38.9 Å². The van der Waals surface area contributed by atoms with Gasteiger partial charge in [0.2, 0.25) is 0 Å². The van der Waals surface area contributed by atoms with Crippen LogP contribution in [0.15, 0.2) is 56.9 Å². The van der Waals surface area contributed by atoms with Gasteiger partial charge in [0.05, 0.1) is 17.5 Å². The minimum absolute atomic E-state index is 0.496. The van der Waals surface area contributed by atoms with E-state index >= 15 is 0 Å². The predicted octanol–water partition coefficient (Wildman–Crippen LogP) is 5.23. The van der Waals surface area contributed by atoms with Crippen LogP contribution in [0.3, 0.4) is 0 Å². The molecule has 2 aromatic heterocycles. The molecule has 0 amide bonds. The maximum absolute atomic E-state index is 9.30. The normalized spacial score (nSPS) is 11.3. The second-order valence-corrected chi connectivity index (χ2v) is 6.01. The molecule has 102 valence electrons. The van der Waals surface area contributed by atoms with Crippen molar-refractivity contribution in [2.24, 2.45) is 0 Å². The summed E-state index contributed by atoms with van der Waals surface area (Å²) >= 11 is 4.89. The molecule has 0 radical (unpaired) electrons. The molecule has 0 aliphatic carbocycles. The summed E-state index contributed by atoms with van der Waals surface area (Å²) in [4.78, 5) is 4.54. The Morgan fingerprint density at radius 3 is 2.95 bits per heavy atom. The molecule has 3 aromatic rings. The van der Waals surface area contributed by atoms with Crippen molar-refractivity contribution in [3.05, 3.63) is 63.3 Å². The van der Waals surface area contributed by atoms with E-state index in [1.807, 2.05) is 29.6 Å². The summed E-state index contributed by atoms with van der Waals surface area (Å²) in [6.45, 7) is 0. The number of rotatable bonds is 3. The van der Waals surface area contributed by atoms with Crippen molar-refractivity contribution in [2.45, 2.75) is 0 Å². The summed E-state index contributed by atoms with van der Waals surface area (Å²) in [5.41, 5.74) is 2.37. The van der Waals surface area contributed by atoms with E-state index in [1.54, 1.807) is 24.5 Å². The second-order valence-electron chi connectivity index (χ2n) is 4.23. The molecule has 0 spiro atoms. The molecule has 0 saturated carbocycles. The average molecular weight is 357 g/mol. The van der Waals surface area contributed by atoms with Gasteiger partial charge in [-0.3, -0.25) is 0 Å². The zero-order valence-electron chi connectivity index (χ0n) is 10.8. The van der Waals surface area contributed by atoms with Crippen LogP contribution in [-0.4, -0.2) is 4.98 Å². The van der Waals surface area contributed by atoms with Gasteiger partial charge in [0.25, 0.3) is 0 Å². The summed E-state index contributed by atoms with van der Waals surface area (Å²) in [5.74, 6) is 0.644. The molecule has 2 heterocycles. The molecule has 1 aromatic carbocycles. The molecular weight excluding hydrogens is 348 g/mol. The number of nitrogens with zero attached hydrogens (tertiary/aromatic N) is 2. The quantitative estimate of drug-likeness (QED) is 0.603. The molecule has 0 aliphatic rings. The van der Waals surface area contributed by atoms with Crippen LogP contribution < -0.4 is 0 Å². The SMILES string of the molecule is N#C/C(=C\c1ccco1)c1nc(-c2cccc(Br)c2)cs1. The maximum Gasteiger partial charge on any atom is 0.134 e. The molecule has 0 bridgehead atoms. The summed E-state index contributed by atoms with van der Waals surface area (Å²) < 4.78 is 6.24. The second kappa shape index (κ2) is 6.08. The number of hydrogen-bond acceptors (Lipinski definition) is 4. The minimum atomic E-state index is 0.496. The molecule has 0 saturated heterocycles. The topological polar surface area (TPSA) is 49.8 Å². The number of halogens is 1. The van der Waals surface area contributed by atoms with E-state index in [9.17, 15) is 5.26 Å². The highest BCUT2D eigenvalue weighted by Gasteiger charge is 2.09. The van der Waals surface area contributed by atoms with E-state index < -0.39 is 0 Å². The molecular formula is C16H9BrN2OS. The summed E-state index contributed by atoms with van der Waals surface area (Å²) in [6.07, 6.45) is 3.28. The van der Waals surface area contributed by atoms with Gasteiger partial charge in [0.15, 0.2) is 0 Å². The van der Waals surface area contributed by atoms with Crippen LogP contribution in [-0.2, 0) is 0 Å². The number of allylic oxidation sites excluding steroid dienone is 1.